The largest absolute Gasteiger partial charge is 0.480 e. The van der Waals surface area contributed by atoms with E-state index in [-0.39, 0.29) is 19.6 Å². The summed E-state index contributed by atoms with van der Waals surface area (Å²) in [5, 5.41) is 17.3. The van der Waals surface area contributed by atoms with Gasteiger partial charge < -0.3 is 30.7 Å². The Bertz CT molecular complexity index is 1200. The van der Waals surface area contributed by atoms with Gasteiger partial charge in [-0.25, -0.2) is 9.59 Å². The highest BCUT2D eigenvalue weighted by Crippen LogP contribution is 2.22. The van der Waals surface area contributed by atoms with Crippen molar-refractivity contribution in [2.45, 2.75) is 70.3 Å². The number of hydrogen-bond donors (Lipinski definition) is 4. The number of nitrogens with one attached hydrogen (secondary N) is 3. The molecule has 0 aromatic heterocycles. The van der Waals surface area contributed by atoms with Crippen molar-refractivity contribution in [3.63, 3.8) is 0 Å². The number of carbonyl (C=O) groups is 5. The van der Waals surface area contributed by atoms with Crippen LogP contribution in [0.3, 0.4) is 0 Å². The van der Waals surface area contributed by atoms with Gasteiger partial charge in [0, 0.05) is 13.0 Å². The smallest absolute Gasteiger partial charge is 0.408 e. The van der Waals surface area contributed by atoms with Crippen LogP contribution in [0.5, 0.6) is 0 Å². The van der Waals surface area contributed by atoms with Gasteiger partial charge in [-0.1, -0.05) is 60.7 Å². The molecule has 0 saturated carbocycles. The molecule has 0 bridgehead atoms. The third-order valence-corrected chi connectivity index (χ3v) is 6.62. The van der Waals surface area contributed by atoms with E-state index < -0.39 is 53.4 Å². The van der Waals surface area contributed by atoms with Crippen LogP contribution >= 0.6 is 0 Å². The van der Waals surface area contributed by atoms with Crippen molar-refractivity contribution in [2.24, 2.45) is 0 Å². The molecule has 0 unspecified atom stereocenters. The Morgan fingerprint density at radius 1 is 0.975 bits per heavy atom. The molecule has 3 rings (SSSR count). The van der Waals surface area contributed by atoms with E-state index in [1.54, 1.807) is 36.4 Å². The van der Waals surface area contributed by atoms with Crippen LogP contribution in [0.25, 0.3) is 0 Å². The lowest BCUT2D eigenvalue weighted by molar-refractivity contribution is -0.146. The summed E-state index contributed by atoms with van der Waals surface area (Å²) < 4.78 is 5.14. The summed E-state index contributed by atoms with van der Waals surface area (Å²) in [5.41, 5.74) is 0.144. The number of amides is 4. The molecule has 1 heterocycles. The summed E-state index contributed by atoms with van der Waals surface area (Å²) in [4.78, 5) is 64.6. The molecule has 4 N–H and O–H groups in total. The molecule has 3 atom stereocenters. The van der Waals surface area contributed by atoms with Gasteiger partial charge in [0.1, 0.15) is 30.3 Å². The Morgan fingerprint density at radius 3 is 2.17 bits per heavy atom. The molecular formula is C29H36N4O7. The summed E-state index contributed by atoms with van der Waals surface area (Å²) in [7, 11) is 0. The van der Waals surface area contributed by atoms with Crippen LogP contribution in [-0.4, -0.2) is 70.0 Å². The number of ether oxygens (including phenoxy) is 1. The van der Waals surface area contributed by atoms with Gasteiger partial charge >= 0.3 is 12.1 Å². The minimum Gasteiger partial charge on any atom is -0.480 e. The van der Waals surface area contributed by atoms with Crippen LogP contribution < -0.4 is 16.0 Å². The fraction of sp³-hybridized carbons (Fsp3) is 0.414. The van der Waals surface area contributed by atoms with Gasteiger partial charge in [-0.3, -0.25) is 14.4 Å². The zero-order chi connectivity index (χ0) is 29.3. The highest BCUT2D eigenvalue weighted by molar-refractivity contribution is 5.96. The topological polar surface area (TPSA) is 154 Å². The first kappa shape index (κ1) is 30.1. The summed E-state index contributed by atoms with van der Waals surface area (Å²) in [6.07, 6.45) is 0.235. The molecule has 11 nitrogen and oxygen atoms in total. The van der Waals surface area contributed by atoms with Crippen molar-refractivity contribution >= 4 is 29.8 Å². The van der Waals surface area contributed by atoms with E-state index in [4.69, 9.17) is 4.74 Å². The third-order valence-electron chi connectivity index (χ3n) is 6.62. The second-order valence-corrected chi connectivity index (χ2v) is 10.3. The van der Waals surface area contributed by atoms with Gasteiger partial charge in [0.15, 0.2) is 0 Å². The third kappa shape index (κ3) is 8.29. The summed E-state index contributed by atoms with van der Waals surface area (Å²) >= 11 is 0. The first-order chi connectivity index (χ1) is 19.0. The molecule has 0 radical (unpaired) electrons. The van der Waals surface area contributed by atoms with Crippen molar-refractivity contribution in [3.8, 4) is 0 Å². The first-order valence-electron chi connectivity index (χ1n) is 13.2. The van der Waals surface area contributed by atoms with Crippen LogP contribution in [0.1, 0.15) is 44.7 Å². The number of carboxylic acids is 1. The van der Waals surface area contributed by atoms with Crippen molar-refractivity contribution in [3.05, 3.63) is 71.8 Å². The molecule has 1 aliphatic rings. The Hall–Kier alpha value is -4.41. The van der Waals surface area contributed by atoms with Crippen molar-refractivity contribution in [1.82, 2.24) is 20.9 Å². The number of carboxylic acid groups (broad SMARTS) is 1. The van der Waals surface area contributed by atoms with Gasteiger partial charge in [-0.05, 0) is 44.7 Å². The number of likely N-dealkylation sites (tertiary alicyclic amines) is 1. The maximum Gasteiger partial charge on any atom is 0.408 e. The monoisotopic (exact) mass is 552 g/mol. The van der Waals surface area contributed by atoms with E-state index in [1.165, 1.54) is 25.7 Å². The quantitative estimate of drug-likeness (QED) is 0.332. The Balaban J connectivity index is 1.56. The van der Waals surface area contributed by atoms with Crippen molar-refractivity contribution < 1.29 is 33.8 Å². The molecule has 0 aliphatic carbocycles. The van der Waals surface area contributed by atoms with Crippen molar-refractivity contribution in [2.75, 3.05) is 6.54 Å². The van der Waals surface area contributed by atoms with Crippen LogP contribution in [0.2, 0.25) is 0 Å². The lowest BCUT2D eigenvalue weighted by Crippen LogP contribution is -2.61. The van der Waals surface area contributed by atoms with Gasteiger partial charge in [-0.15, -0.1) is 0 Å². The maximum atomic E-state index is 13.4. The molecule has 1 saturated heterocycles. The fourth-order valence-electron chi connectivity index (χ4n) is 4.44. The van der Waals surface area contributed by atoms with Crippen LogP contribution in [0, 0.1) is 0 Å². The number of nitrogens with zero attached hydrogens (tertiary/aromatic N) is 1. The molecule has 4 amide bonds. The molecule has 11 heteroatoms. The van der Waals surface area contributed by atoms with E-state index in [9.17, 15) is 29.1 Å². The Morgan fingerprint density at radius 2 is 1.57 bits per heavy atom. The van der Waals surface area contributed by atoms with E-state index in [1.807, 2.05) is 24.3 Å². The van der Waals surface area contributed by atoms with Crippen LogP contribution in [0.4, 0.5) is 4.79 Å². The number of aliphatic carboxylic acids is 1. The highest BCUT2D eigenvalue weighted by Gasteiger charge is 2.42. The number of hydrogen-bond acceptors (Lipinski definition) is 6. The summed E-state index contributed by atoms with van der Waals surface area (Å²) in [5.74, 6) is -2.84. The molecule has 1 aliphatic heterocycles. The van der Waals surface area contributed by atoms with Gasteiger partial charge in [0.25, 0.3) is 0 Å². The summed E-state index contributed by atoms with van der Waals surface area (Å²) in [6, 6.07) is 15.0. The average Bonchev–Trinajstić information content (AvgIpc) is 3.42. The predicted octanol–water partition coefficient (Wildman–Crippen LogP) is 2.00. The minimum atomic E-state index is -1.40. The Labute approximate surface area is 233 Å². The minimum absolute atomic E-state index is 0.0392. The summed E-state index contributed by atoms with van der Waals surface area (Å²) in [6.45, 7) is 4.81. The van der Waals surface area contributed by atoms with E-state index in [2.05, 4.69) is 16.0 Å². The van der Waals surface area contributed by atoms with Gasteiger partial charge in [0.2, 0.25) is 17.7 Å². The van der Waals surface area contributed by atoms with E-state index in [0.717, 1.165) is 11.1 Å². The van der Waals surface area contributed by atoms with E-state index in [0.29, 0.717) is 12.8 Å². The average molecular weight is 553 g/mol. The zero-order valence-corrected chi connectivity index (χ0v) is 22.9. The molecule has 2 aromatic rings. The number of benzene rings is 2. The molecule has 40 heavy (non-hydrogen) atoms. The fourth-order valence-corrected chi connectivity index (χ4v) is 4.44. The molecule has 1 fully saturated rings. The Kier molecular flexibility index (Phi) is 10.2. The zero-order valence-electron chi connectivity index (χ0n) is 22.9. The molecule has 2 aromatic carbocycles. The maximum absolute atomic E-state index is 13.4. The van der Waals surface area contributed by atoms with Gasteiger partial charge in [-0.2, -0.15) is 0 Å². The lowest BCUT2D eigenvalue weighted by atomic mass is 10.0. The molecule has 0 spiro atoms. The second-order valence-electron chi connectivity index (χ2n) is 10.3. The second kappa shape index (κ2) is 13.6. The van der Waals surface area contributed by atoms with E-state index >= 15 is 0 Å². The SMILES string of the molecule is C[C@H](NC(=O)OCc1ccccc1)C(=O)NC(C)(C)C(=O)N1CCC[C@H]1C(=O)N[C@@H](Cc1ccccc1)C(=O)O. The lowest BCUT2D eigenvalue weighted by Gasteiger charge is -2.34. The highest BCUT2D eigenvalue weighted by atomic mass is 16.5. The predicted molar refractivity (Wildman–Crippen MR) is 146 cm³/mol. The first-order valence-corrected chi connectivity index (χ1v) is 13.2. The van der Waals surface area contributed by atoms with Crippen LogP contribution in [-0.2, 0) is 36.9 Å². The molecular weight excluding hydrogens is 516 g/mol. The number of alkyl carbamates (subject to hydrolysis) is 1. The normalized spacial score (nSPS) is 16.4. The number of carbonyl (C=O) groups excluding carboxylic acids is 4. The van der Waals surface area contributed by atoms with Crippen molar-refractivity contribution in [1.29, 1.82) is 0 Å². The standard InChI is InChI=1S/C29H36N4O7/c1-19(30-28(39)40-18-21-13-8-5-9-14-21)24(34)32-29(2,3)27(38)33-16-10-15-23(33)25(35)31-22(26(36)37)17-20-11-6-4-7-12-20/h4-9,11-14,19,22-23H,10,15-18H2,1-3H3,(H,30,39)(H,31,35)(H,32,34)(H,36,37)/t19-,22-,23-/m0/s1. The number of rotatable bonds is 11. The van der Waals surface area contributed by atoms with Gasteiger partial charge in [0.05, 0.1) is 0 Å². The molecule has 214 valence electrons. The van der Waals surface area contributed by atoms with Crippen LogP contribution in [0.15, 0.2) is 60.7 Å².